The zero-order valence-electron chi connectivity index (χ0n) is 26.5. The van der Waals surface area contributed by atoms with Crippen LogP contribution in [0.1, 0.15) is 22.3 Å². The minimum absolute atomic E-state index is 0.454. The van der Waals surface area contributed by atoms with Gasteiger partial charge in [0.25, 0.3) is 0 Å². The highest BCUT2D eigenvalue weighted by atomic mass is 35.5. The minimum atomic E-state index is -0.454. The largest absolute Gasteiger partial charge is 0.134 e. The molecule has 1 aromatic heterocycles. The molecule has 0 nitrogen and oxygen atoms in total. The summed E-state index contributed by atoms with van der Waals surface area (Å²) in [6, 6.07) is 64.6. The van der Waals surface area contributed by atoms with E-state index in [0.29, 0.717) is 0 Å². The van der Waals surface area contributed by atoms with Crippen LogP contribution in [0.25, 0.3) is 64.3 Å². The van der Waals surface area contributed by atoms with E-state index in [0.717, 1.165) is 5.02 Å². The highest BCUT2D eigenvalue weighted by molar-refractivity contribution is 7.26. The first-order valence-electron chi connectivity index (χ1n) is 16.7. The molecule has 1 aliphatic carbocycles. The lowest BCUT2D eigenvalue weighted by molar-refractivity contribution is 0.768. The maximum Gasteiger partial charge on any atom is 0.0713 e. The van der Waals surface area contributed by atoms with Crippen LogP contribution < -0.4 is 0 Å². The fraction of sp³-hybridized carbons (Fsp3) is 0.0213. The molecule has 1 aliphatic rings. The van der Waals surface area contributed by atoms with Crippen molar-refractivity contribution < 1.29 is 0 Å². The van der Waals surface area contributed by atoms with Crippen molar-refractivity contribution in [2.75, 3.05) is 0 Å². The first-order valence-corrected chi connectivity index (χ1v) is 17.9. The van der Waals surface area contributed by atoms with E-state index in [1.807, 2.05) is 17.4 Å². The average molecular weight is 661 g/mol. The average Bonchev–Trinajstić information content (AvgIpc) is 3.68. The van der Waals surface area contributed by atoms with Crippen LogP contribution in [0.3, 0.4) is 0 Å². The molecule has 0 unspecified atom stereocenters. The van der Waals surface area contributed by atoms with Crippen LogP contribution in [0, 0.1) is 0 Å². The zero-order valence-corrected chi connectivity index (χ0v) is 28.1. The topological polar surface area (TPSA) is 0 Å². The third-order valence-corrected chi connectivity index (χ3v) is 11.8. The summed E-state index contributed by atoms with van der Waals surface area (Å²) in [6.45, 7) is 0. The molecule has 0 atom stereocenters. The van der Waals surface area contributed by atoms with Gasteiger partial charge in [-0.3, -0.25) is 0 Å². The summed E-state index contributed by atoms with van der Waals surface area (Å²) in [5.41, 5.74) is 12.3. The molecular weight excluding hydrogens is 632 g/mol. The number of rotatable bonds is 4. The van der Waals surface area contributed by atoms with E-state index in [1.165, 1.54) is 86.6 Å². The molecule has 2 heteroatoms. The Bertz CT molecular complexity index is 2680. The van der Waals surface area contributed by atoms with Crippen LogP contribution in [0.2, 0.25) is 5.02 Å². The lowest BCUT2D eigenvalue weighted by Gasteiger charge is -2.34. The van der Waals surface area contributed by atoms with Gasteiger partial charge in [-0.15, -0.1) is 11.3 Å². The predicted octanol–water partition coefficient (Wildman–Crippen LogP) is 13.6. The summed E-state index contributed by atoms with van der Waals surface area (Å²) in [5, 5.41) is 5.77. The van der Waals surface area contributed by atoms with Crippen molar-refractivity contribution in [3.63, 3.8) is 0 Å². The van der Waals surface area contributed by atoms with Crippen molar-refractivity contribution in [3.8, 4) is 33.4 Å². The summed E-state index contributed by atoms with van der Waals surface area (Å²) in [4.78, 5) is 0. The van der Waals surface area contributed by atoms with Crippen LogP contribution in [0.5, 0.6) is 0 Å². The second-order valence-corrected chi connectivity index (χ2v) is 14.4. The van der Waals surface area contributed by atoms with Crippen molar-refractivity contribution in [3.05, 3.63) is 203 Å². The molecule has 1 heterocycles. The molecule has 0 radical (unpaired) electrons. The maximum absolute atomic E-state index is 6.58. The third-order valence-electron chi connectivity index (χ3n) is 10.4. The van der Waals surface area contributed by atoms with E-state index in [-0.39, 0.29) is 0 Å². The summed E-state index contributed by atoms with van der Waals surface area (Å²) in [7, 11) is 0. The van der Waals surface area contributed by atoms with Gasteiger partial charge in [0.1, 0.15) is 0 Å². The third kappa shape index (κ3) is 4.16. The maximum atomic E-state index is 6.58. The van der Waals surface area contributed by atoms with Gasteiger partial charge in [-0.1, -0.05) is 163 Å². The SMILES string of the molecule is Clc1ccc2c(c1)sc1c(-c3cccc4c3-c3ccccc3C4(c3ccccc3)c3ccccc3)cc(-c3cccc4ccccc34)cc12. The van der Waals surface area contributed by atoms with E-state index in [1.54, 1.807) is 0 Å². The monoisotopic (exact) mass is 660 g/mol. The molecule has 0 aliphatic heterocycles. The van der Waals surface area contributed by atoms with Gasteiger partial charge < -0.3 is 0 Å². The highest BCUT2D eigenvalue weighted by Crippen LogP contribution is 2.59. The number of hydrogen-bond donors (Lipinski definition) is 0. The summed E-state index contributed by atoms with van der Waals surface area (Å²) < 4.78 is 2.48. The molecular formula is C47H29ClS. The lowest BCUT2D eigenvalue weighted by Crippen LogP contribution is -2.28. The van der Waals surface area contributed by atoms with E-state index >= 15 is 0 Å². The van der Waals surface area contributed by atoms with Crippen LogP contribution in [0.4, 0.5) is 0 Å². The van der Waals surface area contributed by atoms with Gasteiger partial charge in [0.2, 0.25) is 0 Å². The van der Waals surface area contributed by atoms with Crippen molar-refractivity contribution in [1.82, 2.24) is 0 Å². The van der Waals surface area contributed by atoms with Gasteiger partial charge in [0, 0.05) is 30.8 Å². The van der Waals surface area contributed by atoms with Crippen LogP contribution in [-0.4, -0.2) is 0 Å². The zero-order chi connectivity index (χ0) is 32.5. The molecule has 230 valence electrons. The lowest BCUT2D eigenvalue weighted by atomic mass is 9.67. The Hall–Kier alpha value is -5.47. The number of halogens is 1. The first-order chi connectivity index (χ1) is 24.2. The van der Waals surface area contributed by atoms with Gasteiger partial charge in [-0.05, 0) is 85.1 Å². The van der Waals surface area contributed by atoms with Gasteiger partial charge >= 0.3 is 0 Å². The molecule has 0 spiro atoms. The van der Waals surface area contributed by atoms with Gasteiger partial charge in [0.05, 0.1) is 5.41 Å². The Morgan fingerprint density at radius 3 is 1.88 bits per heavy atom. The fourth-order valence-corrected chi connectivity index (χ4v) is 9.89. The normalized spacial score (nSPS) is 13.2. The van der Waals surface area contributed by atoms with Crippen LogP contribution in [0.15, 0.2) is 176 Å². The fourth-order valence-electron chi connectivity index (χ4n) is 8.40. The predicted molar refractivity (Wildman–Crippen MR) is 210 cm³/mol. The van der Waals surface area contributed by atoms with Gasteiger partial charge in [-0.25, -0.2) is 0 Å². The minimum Gasteiger partial charge on any atom is -0.134 e. The van der Waals surface area contributed by atoms with Crippen molar-refractivity contribution in [1.29, 1.82) is 0 Å². The standard InChI is InChI=1S/C47H29ClS/c48-34-25-26-37-40-27-31(36-21-11-14-30-13-7-8-19-35(30)36)28-41(46(40)49-44(37)29-34)38-22-12-24-43-45(38)39-20-9-10-23-42(39)47(43,32-15-3-1-4-16-32)33-17-5-2-6-18-33/h1-29H. The van der Waals surface area contributed by atoms with Crippen molar-refractivity contribution >= 4 is 53.9 Å². The van der Waals surface area contributed by atoms with Crippen LogP contribution >= 0.6 is 22.9 Å². The smallest absolute Gasteiger partial charge is 0.0713 e. The summed E-state index contributed by atoms with van der Waals surface area (Å²) in [5.74, 6) is 0. The Kier molecular flexibility index (Phi) is 6.43. The van der Waals surface area contributed by atoms with Crippen LogP contribution in [-0.2, 0) is 5.41 Å². The molecule has 49 heavy (non-hydrogen) atoms. The number of fused-ring (bicyclic) bond motifs is 7. The van der Waals surface area contributed by atoms with Gasteiger partial charge in [-0.2, -0.15) is 0 Å². The molecule has 0 amide bonds. The summed E-state index contributed by atoms with van der Waals surface area (Å²) >= 11 is 8.42. The van der Waals surface area contributed by atoms with E-state index in [9.17, 15) is 0 Å². The molecule has 0 fully saturated rings. The van der Waals surface area contributed by atoms with Gasteiger partial charge in [0.15, 0.2) is 0 Å². The number of benzene rings is 8. The molecule has 0 bridgehead atoms. The molecule has 8 aromatic carbocycles. The molecule has 0 saturated carbocycles. The molecule has 10 rings (SSSR count). The quantitative estimate of drug-likeness (QED) is 0.176. The molecule has 0 N–H and O–H groups in total. The Morgan fingerprint density at radius 1 is 0.429 bits per heavy atom. The van der Waals surface area contributed by atoms with Crippen molar-refractivity contribution in [2.45, 2.75) is 5.41 Å². The van der Waals surface area contributed by atoms with E-state index in [2.05, 4.69) is 170 Å². The second kappa shape index (κ2) is 11.0. The molecule has 0 saturated heterocycles. The first kappa shape index (κ1) is 28.5. The Labute approximate surface area is 294 Å². The van der Waals surface area contributed by atoms with Crippen molar-refractivity contribution in [2.24, 2.45) is 0 Å². The van der Waals surface area contributed by atoms with E-state index in [4.69, 9.17) is 11.6 Å². The number of hydrogen-bond acceptors (Lipinski definition) is 1. The second-order valence-electron chi connectivity index (χ2n) is 12.9. The van der Waals surface area contributed by atoms with E-state index < -0.39 is 5.41 Å². The Balaban J connectivity index is 1.35. The Morgan fingerprint density at radius 2 is 1.06 bits per heavy atom. The number of thiophene rings is 1. The summed E-state index contributed by atoms with van der Waals surface area (Å²) in [6.07, 6.45) is 0. The molecule has 9 aromatic rings. The highest BCUT2D eigenvalue weighted by Gasteiger charge is 2.46.